The molecular formula is C13H17BrFNO2. The minimum Gasteiger partial charge on any atom is -0.466 e. The van der Waals surface area contributed by atoms with Gasteiger partial charge < -0.3 is 10.5 Å². The molecule has 1 aromatic rings. The van der Waals surface area contributed by atoms with Crippen LogP contribution in [0, 0.1) is 5.82 Å². The third kappa shape index (κ3) is 5.14. The molecule has 0 aliphatic rings. The number of esters is 1. The average Bonchev–Trinajstić information content (AvgIpc) is 2.32. The maximum Gasteiger partial charge on any atom is 0.305 e. The minimum absolute atomic E-state index is 0.252. The zero-order valence-corrected chi connectivity index (χ0v) is 11.9. The highest BCUT2D eigenvalue weighted by molar-refractivity contribution is 9.10. The van der Waals surface area contributed by atoms with Crippen LogP contribution in [0.1, 0.15) is 25.3 Å². The first-order valence-electron chi connectivity index (χ1n) is 5.88. The summed E-state index contributed by atoms with van der Waals surface area (Å²) in [5, 5.41) is 0. The maximum atomic E-state index is 13.5. The number of rotatable bonds is 6. The molecule has 0 radical (unpaired) electrons. The number of hydrogen-bond donors (Lipinski definition) is 1. The lowest BCUT2D eigenvalue weighted by molar-refractivity contribution is -0.143. The van der Waals surface area contributed by atoms with Gasteiger partial charge in [0.25, 0.3) is 0 Å². The lowest BCUT2D eigenvalue weighted by atomic mass is 10.0. The normalized spacial score (nSPS) is 12.2. The van der Waals surface area contributed by atoms with Crippen molar-refractivity contribution < 1.29 is 13.9 Å². The summed E-state index contributed by atoms with van der Waals surface area (Å²) in [5.74, 6) is -0.535. The lowest BCUT2D eigenvalue weighted by Crippen LogP contribution is -2.24. The van der Waals surface area contributed by atoms with Crippen molar-refractivity contribution in [1.82, 2.24) is 0 Å². The third-order valence-electron chi connectivity index (χ3n) is 2.51. The van der Waals surface area contributed by atoms with Crippen LogP contribution in [0.2, 0.25) is 0 Å². The van der Waals surface area contributed by atoms with E-state index in [1.807, 2.05) is 0 Å². The van der Waals surface area contributed by atoms with Crippen molar-refractivity contribution in [3.05, 3.63) is 34.1 Å². The van der Waals surface area contributed by atoms with Crippen LogP contribution in [0.5, 0.6) is 0 Å². The molecule has 0 bridgehead atoms. The molecule has 1 rings (SSSR count). The van der Waals surface area contributed by atoms with E-state index in [0.29, 0.717) is 25.0 Å². The predicted molar refractivity (Wildman–Crippen MR) is 71.6 cm³/mol. The third-order valence-corrected chi connectivity index (χ3v) is 3.01. The number of benzene rings is 1. The van der Waals surface area contributed by atoms with Crippen LogP contribution in [0.4, 0.5) is 4.39 Å². The van der Waals surface area contributed by atoms with Crippen molar-refractivity contribution in [2.75, 3.05) is 6.61 Å². The van der Waals surface area contributed by atoms with Crippen molar-refractivity contribution in [2.24, 2.45) is 5.73 Å². The summed E-state index contributed by atoms with van der Waals surface area (Å²) < 4.78 is 19.1. The molecule has 0 spiro atoms. The van der Waals surface area contributed by atoms with E-state index in [1.54, 1.807) is 19.1 Å². The zero-order valence-electron chi connectivity index (χ0n) is 10.3. The van der Waals surface area contributed by atoms with Gasteiger partial charge in [0.05, 0.1) is 6.61 Å². The molecule has 1 aromatic carbocycles. The molecule has 1 unspecified atom stereocenters. The Morgan fingerprint density at radius 1 is 1.56 bits per heavy atom. The van der Waals surface area contributed by atoms with Crippen LogP contribution in [0.3, 0.4) is 0 Å². The molecule has 0 fully saturated rings. The van der Waals surface area contributed by atoms with E-state index >= 15 is 0 Å². The van der Waals surface area contributed by atoms with Gasteiger partial charge in [0, 0.05) is 16.9 Å². The molecular weight excluding hydrogens is 301 g/mol. The average molecular weight is 318 g/mol. The number of nitrogens with two attached hydrogens (primary N) is 1. The lowest BCUT2D eigenvalue weighted by Gasteiger charge is -2.12. The fourth-order valence-electron chi connectivity index (χ4n) is 1.62. The maximum absolute atomic E-state index is 13.5. The summed E-state index contributed by atoms with van der Waals surface area (Å²) in [6.45, 7) is 2.13. The second-order valence-corrected chi connectivity index (χ2v) is 4.96. The molecule has 0 saturated carbocycles. The van der Waals surface area contributed by atoms with Crippen LogP contribution >= 0.6 is 15.9 Å². The number of carbonyl (C=O) groups is 1. The van der Waals surface area contributed by atoms with E-state index in [2.05, 4.69) is 15.9 Å². The summed E-state index contributed by atoms with van der Waals surface area (Å²) in [4.78, 5) is 11.2. The summed E-state index contributed by atoms with van der Waals surface area (Å²) in [6.07, 6.45) is 1.17. The van der Waals surface area contributed by atoms with Crippen LogP contribution < -0.4 is 5.73 Å². The molecule has 0 aromatic heterocycles. The van der Waals surface area contributed by atoms with E-state index < -0.39 is 0 Å². The van der Waals surface area contributed by atoms with Crippen molar-refractivity contribution >= 4 is 21.9 Å². The fourth-order valence-corrected chi connectivity index (χ4v) is 2.03. The SMILES string of the molecule is CCOC(=O)CCC(N)Cc1cc(Br)ccc1F. The summed E-state index contributed by atoms with van der Waals surface area (Å²) in [5.41, 5.74) is 6.44. The number of halogens is 2. The van der Waals surface area contributed by atoms with E-state index in [4.69, 9.17) is 10.5 Å². The Morgan fingerprint density at radius 3 is 2.94 bits per heavy atom. The van der Waals surface area contributed by atoms with Gasteiger partial charge in [0.1, 0.15) is 5.82 Å². The first kappa shape index (κ1) is 15.1. The standard InChI is InChI=1S/C13H17BrFNO2/c1-2-18-13(17)6-4-11(16)8-9-7-10(14)3-5-12(9)15/h3,5,7,11H,2,4,6,8,16H2,1H3. The molecule has 0 aliphatic heterocycles. The Bertz CT molecular complexity index is 412. The second-order valence-electron chi connectivity index (χ2n) is 4.04. The number of hydrogen-bond acceptors (Lipinski definition) is 3. The van der Waals surface area contributed by atoms with Gasteiger partial charge in [-0.05, 0) is 43.5 Å². The fraction of sp³-hybridized carbons (Fsp3) is 0.462. The molecule has 0 saturated heterocycles. The number of ether oxygens (including phenoxy) is 1. The van der Waals surface area contributed by atoms with Crippen molar-refractivity contribution in [2.45, 2.75) is 32.2 Å². The van der Waals surface area contributed by atoms with E-state index in [1.165, 1.54) is 6.07 Å². The van der Waals surface area contributed by atoms with E-state index in [9.17, 15) is 9.18 Å². The molecule has 0 aliphatic carbocycles. The van der Waals surface area contributed by atoms with Gasteiger partial charge in [-0.2, -0.15) is 0 Å². The highest BCUT2D eigenvalue weighted by Crippen LogP contribution is 2.17. The van der Waals surface area contributed by atoms with Crippen LogP contribution in [-0.2, 0) is 16.0 Å². The summed E-state index contributed by atoms with van der Waals surface area (Å²) in [6, 6.07) is 4.50. The molecule has 18 heavy (non-hydrogen) atoms. The highest BCUT2D eigenvalue weighted by Gasteiger charge is 2.11. The molecule has 100 valence electrons. The van der Waals surface area contributed by atoms with Gasteiger partial charge in [-0.25, -0.2) is 4.39 Å². The summed E-state index contributed by atoms with van der Waals surface area (Å²) in [7, 11) is 0. The first-order valence-corrected chi connectivity index (χ1v) is 6.67. The van der Waals surface area contributed by atoms with Gasteiger partial charge in [-0.3, -0.25) is 4.79 Å². The highest BCUT2D eigenvalue weighted by atomic mass is 79.9. The molecule has 0 amide bonds. The smallest absolute Gasteiger partial charge is 0.305 e. The Labute approximate surface area is 115 Å². The van der Waals surface area contributed by atoms with Gasteiger partial charge in [0.2, 0.25) is 0 Å². The largest absolute Gasteiger partial charge is 0.466 e. The monoisotopic (exact) mass is 317 g/mol. The quantitative estimate of drug-likeness (QED) is 0.821. The van der Waals surface area contributed by atoms with E-state index in [-0.39, 0.29) is 24.2 Å². The van der Waals surface area contributed by atoms with Crippen LogP contribution in [0.25, 0.3) is 0 Å². The van der Waals surface area contributed by atoms with Gasteiger partial charge >= 0.3 is 5.97 Å². The molecule has 0 heterocycles. The van der Waals surface area contributed by atoms with Crippen molar-refractivity contribution in [3.8, 4) is 0 Å². The summed E-state index contributed by atoms with van der Waals surface area (Å²) >= 11 is 3.29. The van der Waals surface area contributed by atoms with Gasteiger partial charge in [0.15, 0.2) is 0 Å². The minimum atomic E-state index is -0.273. The van der Waals surface area contributed by atoms with Gasteiger partial charge in [-0.1, -0.05) is 15.9 Å². The second kappa shape index (κ2) is 7.48. The molecule has 1 atom stereocenters. The molecule has 5 heteroatoms. The Morgan fingerprint density at radius 2 is 2.28 bits per heavy atom. The van der Waals surface area contributed by atoms with E-state index in [0.717, 1.165) is 4.47 Å². The predicted octanol–water partition coefficient (Wildman–Crippen LogP) is 2.80. The van der Waals surface area contributed by atoms with Crippen LogP contribution in [-0.4, -0.2) is 18.6 Å². The van der Waals surface area contributed by atoms with Crippen molar-refractivity contribution in [3.63, 3.8) is 0 Å². The topological polar surface area (TPSA) is 52.3 Å². The van der Waals surface area contributed by atoms with Crippen molar-refractivity contribution in [1.29, 1.82) is 0 Å². The Balaban J connectivity index is 2.46. The van der Waals surface area contributed by atoms with Gasteiger partial charge in [-0.15, -0.1) is 0 Å². The Kier molecular flexibility index (Phi) is 6.29. The number of carbonyl (C=O) groups excluding carboxylic acids is 1. The zero-order chi connectivity index (χ0) is 13.5. The van der Waals surface area contributed by atoms with Crippen LogP contribution in [0.15, 0.2) is 22.7 Å². The molecule has 3 nitrogen and oxygen atoms in total. The Hall–Kier alpha value is -0.940. The first-order chi connectivity index (χ1) is 8.52. The molecule has 2 N–H and O–H groups in total.